The molecule has 4 nitrogen and oxygen atoms in total. The van der Waals surface area contributed by atoms with E-state index in [1.54, 1.807) is 0 Å². The molecule has 0 saturated carbocycles. The number of hydrogen-bond donors (Lipinski definition) is 2. The summed E-state index contributed by atoms with van der Waals surface area (Å²) >= 11 is 0. The largest absolute Gasteiger partial charge is 0.360 e. The van der Waals surface area contributed by atoms with Crippen molar-refractivity contribution in [2.75, 3.05) is 36.4 Å². The number of para-hydroxylation sites is 2. The molecule has 3 rings (SSSR count). The highest BCUT2D eigenvalue weighted by atomic mass is 16.2. The van der Waals surface area contributed by atoms with E-state index < -0.39 is 0 Å². The molecule has 27 heavy (non-hydrogen) atoms. The topological polar surface area (TPSA) is 36.8 Å². The van der Waals surface area contributed by atoms with Gasteiger partial charge in [-0.3, -0.25) is 4.79 Å². The summed E-state index contributed by atoms with van der Waals surface area (Å²) in [6.45, 7) is 10.4. The average molecular weight is 367 g/mol. The van der Waals surface area contributed by atoms with Crippen molar-refractivity contribution in [3.05, 3.63) is 60.2 Å². The van der Waals surface area contributed by atoms with E-state index in [-0.39, 0.29) is 11.9 Å². The highest BCUT2D eigenvalue weighted by Crippen LogP contribution is 2.26. The number of nitrogens with one attached hydrogen (secondary N) is 2. The van der Waals surface area contributed by atoms with Crippen molar-refractivity contribution in [2.45, 2.75) is 39.2 Å². The van der Waals surface area contributed by atoms with Gasteiger partial charge in [-0.05, 0) is 43.0 Å². The van der Waals surface area contributed by atoms with Crippen LogP contribution in [-0.2, 0) is 4.79 Å². The zero-order valence-electron chi connectivity index (χ0n) is 16.7. The molecule has 4 heteroatoms. The van der Waals surface area contributed by atoms with E-state index >= 15 is 0 Å². The Balaban J connectivity index is 1.59. The van der Waals surface area contributed by atoms with Gasteiger partial charge in [0.25, 0.3) is 5.91 Å². The van der Waals surface area contributed by atoms with Gasteiger partial charge in [-0.1, -0.05) is 50.2 Å². The Morgan fingerprint density at radius 1 is 1.04 bits per heavy atom. The van der Waals surface area contributed by atoms with Crippen molar-refractivity contribution in [3.8, 4) is 0 Å². The van der Waals surface area contributed by atoms with Gasteiger partial charge in [0.1, 0.15) is 0 Å². The summed E-state index contributed by atoms with van der Waals surface area (Å²) in [5, 5.41) is 3.19. The summed E-state index contributed by atoms with van der Waals surface area (Å²) in [6.07, 6.45) is 1.06. The van der Waals surface area contributed by atoms with Crippen molar-refractivity contribution in [3.63, 3.8) is 0 Å². The van der Waals surface area contributed by atoms with Gasteiger partial charge in [0.2, 0.25) is 0 Å². The lowest BCUT2D eigenvalue weighted by Crippen LogP contribution is -3.19. The fraction of sp³-hybridized carbons (Fsp3) is 0.435. The minimum absolute atomic E-state index is 0.0482. The highest BCUT2D eigenvalue weighted by Gasteiger charge is 2.29. The Hall–Kier alpha value is -2.33. The maximum atomic E-state index is 12.9. The molecule has 1 saturated heterocycles. The van der Waals surface area contributed by atoms with Crippen LogP contribution >= 0.6 is 0 Å². The smallest absolute Gasteiger partial charge is 0.282 e. The predicted octanol–water partition coefficient (Wildman–Crippen LogP) is 2.93. The zero-order valence-corrected chi connectivity index (χ0v) is 16.7. The molecule has 1 amide bonds. The third kappa shape index (κ3) is 4.69. The fourth-order valence-electron chi connectivity index (χ4n) is 3.81. The molecule has 2 aromatic rings. The second-order valence-electron chi connectivity index (χ2n) is 7.59. The average Bonchev–Trinajstić information content (AvgIpc) is 2.73. The molecular weight excluding hydrogens is 334 g/mol. The van der Waals surface area contributed by atoms with Crippen LogP contribution in [0.1, 0.15) is 38.7 Å². The van der Waals surface area contributed by atoms with Crippen molar-refractivity contribution in [1.29, 1.82) is 0 Å². The van der Waals surface area contributed by atoms with Gasteiger partial charge in [0, 0.05) is 11.4 Å². The lowest BCUT2D eigenvalue weighted by Gasteiger charge is -2.36. The second-order valence-corrected chi connectivity index (χ2v) is 7.59. The van der Waals surface area contributed by atoms with E-state index in [1.807, 2.05) is 12.1 Å². The molecule has 0 radical (unpaired) electrons. The predicted molar refractivity (Wildman–Crippen MR) is 113 cm³/mol. The van der Waals surface area contributed by atoms with Gasteiger partial charge in [-0.15, -0.1) is 0 Å². The van der Waals surface area contributed by atoms with Gasteiger partial charge in [-0.25, -0.2) is 0 Å². The molecule has 2 atom stereocenters. The van der Waals surface area contributed by atoms with Crippen molar-refractivity contribution in [2.24, 2.45) is 0 Å². The van der Waals surface area contributed by atoms with Crippen molar-refractivity contribution in [1.82, 2.24) is 0 Å². The first-order chi connectivity index (χ1) is 13.1. The molecular formula is C23H32N3O+. The number of quaternary nitrogens is 1. The molecule has 0 unspecified atom stereocenters. The number of piperazine rings is 1. The maximum absolute atomic E-state index is 12.9. The molecule has 0 aliphatic carbocycles. The first-order valence-corrected chi connectivity index (χ1v) is 10.1. The minimum Gasteiger partial charge on any atom is -0.360 e. The van der Waals surface area contributed by atoms with Gasteiger partial charge < -0.3 is 15.1 Å². The van der Waals surface area contributed by atoms with Crippen LogP contribution in [0.15, 0.2) is 54.6 Å². The summed E-state index contributed by atoms with van der Waals surface area (Å²) in [5.41, 5.74) is 3.46. The monoisotopic (exact) mass is 366 g/mol. The quantitative estimate of drug-likeness (QED) is 0.825. The standard InChI is InChI=1S/C23H31N3O/c1-4-18(2)21-12-8-9-13-22(21)24-23(27)19(3)25-14-16-26(17-15-25)20-10-6-5-7-11-20/h5-13,18-19H,4,14-17H2,1-3H3,(H,24,27)/p+1/t18-,19-/m1/s1. The number of carbonyl (C=O) groups is 1. The van der Waals surface area contributed by atoms with Crippen molar-refractivity contribution < 1.29 is 9.69 Å². The maximum Gasteiger partial charge on any atom is 0.282 e. The number of amides is 1. The Kier molecular flexibility index (Phi) is 6.51. The van der Waals surface area contributed by atoms with Crippen LogP contribution in [0.5, 0.6) is 0 Å². The second kappa shape index (κ2) is 9.05. The van der Waals surface area contributed by atoms with Gasteiger partial charge >= 0.3 is 0 Å². The summed E-state index contributed by atoms with van der Waals surface area (Å²) in [5.74, 6) is 0.562. The van der Waals surface area contributed by atoms with E-state index in [4.69, 9.17) is 0 Å². The van der Waals surface area contributed by atoms with Gasteiger partial charge in [0.15, 0.2) is 6.04 Å². The van der Waals surface area contributed by atoms with Gasteiger partial charge in [0.05, 0.1) is 26.2 Å². The fourth-order valence-corrected chi connectivity index (χ4v) is 3.81. The number of anilines is 2. The minimum atomic E-state index is -0.0482. The molecule has 0 bridgehead atoms. The number of benzene rings is 2. The molecule has 144 valence electrons. The molecule has 1 heterocycles. The Bertz CT molecular complexity index is 738. The number of hydrogen-bond acceptors (Lipinski definition) is 2. The molecule has 0 spiro atoms. The third-order valence-electron chi connectivity index (χ3n) is 5.89. The zero-order chi connectivity index (χ0) is 19.2. The first-order valence-electron chi connectivity index (χ1n) is 10.1. The molecule has 1 fully saturated rings. The molecule has 2 N–H and O–H groups in total. The van der Waals surface area contributed by atoms with Crippen LogP contribution in [0.4, 0.5) is 11.4 Å². The number of nitrogens with zero attached hydrogens (tertiary/aromatic N) is 1. The van der Waals surface area contributed by atoms with E-state index in [1.165, 1.54) is 16.2 Å². The van der Waals surface area contributed by atoms with Crippen LogP contribution < -0.4 is 15.1 Å². The Labute approximate surface area is 163 Å². The third-order valence-corrected chi connectivity index (χ3v) is 5.89. The van der Waals surface area contributed by atoms with Crippen molar-refractivity contribution >= 4 is 17.3 Å². The lowest BCUT2D eigenvalue weighted by atomic mass is 9.97. The van der Waals surface area contributed by atoms with E-state index in [0.29, 0.717) is 5.92 Å². The summed E-state index contributed by atoms with van der Waals surface area (Å²) in [4.78, 5) is 16.7. The van der Waals surface area contributed by atoms with Gasteiger partial charge in [-0.2, -0.15) is 0 Å². The lowest BCUT2D eigenvalue weighted by molar-refractivity contribution is -0.914. The molecule has 0 aromatic heterocycles. The van der Waals surface area contributed by atoms with Crippen LogP contribution in [0.2, 0.25) is 0 Å². The summed E-state index contributed by atoms with van der Waals surface area (Å²) in [7, 11) is 0. The molecule has 1 aliphatic heterocycles. The summed E-state index contributed by atoms with van der Waals surface area (Å²) in [6, 6.07) is 18.7. The number of carbonyl (C=O) groups excluding carboxylic acids is 1. The Morgan fingerprint density at radius 3 is 2.33 bits per heavy atom. The van der Waals surface area contributed by atoms with Crippen LogP contribution in [0.3, 0.4) is 0 Å². The van der Waals surface area contributed by atoms with E-state index in [2.05, 4.69) is 73.5 Å². The van der Waals surface area contributed by atoms with E-state index in [9.17, 15) is 4.79 Å². The van der Waals surface area contributed by atoms with Crippen LogP contribution in [0.25, 0.3) is 0 Å². The highest BCUT2D eigenvalue weighted by molar-refractivity contribution is 5.94. The van der Waals surface area contributed by atoms with Crippen LogP contribution in [-0.4, -0.2) is 38.1 Å². The van der Waals surface area contributed by atoms with Crippen LogP contribution in [0, 0.1) is 0 Å². The Morgan fingerprint density at radius 2 is 1.67 bits per heavy atom. The number of rotatable bonds is 6. The molecule has 2 aromatic carbocycles. The molecule has 1 aliphatic rings. The normalized spacial score (nSPS) is 17.4. The van der Waals surface area contributed by atoms with E-state index in [0.717, 1.165) is 38.3 Å². The SMILES string of the molecule is CC[C@@H](C)c1ccccc1NC(=O)[C@@H](C)[NH+]1CCN(c2ccccc2)CC1. The first kappa shape index (κ1) is 19.4. The summed E-state index contributed by atoms with van der Waals surface area (Å²) < 4.78 is 0.